The van der Waals surface area contributed by atoms with Gasteiger partial charge >= 0.3 is 0 Å². The van der Waals surface area contributed by atoms with Crippen LogP contribution in [-0.2, 0) is 11.2 Å². The number of nitrogens with zero attached hydrogens (tertiary/aromatic N) is 2. The summed E-state index contributed by atoms with van der Waals surface area (Å²) in [6.07, 6.45) is 2.81. The topological polar surface area (TPSA) is 71.2 Å². The van der Waals surface area contributed by atoms with E-state index in [1.165, 1.54) is 12.8 Å². The average Bonchev–Trinajstić information content (AvgIpc) is 3.25. The van der Waals surface area contributed by atoms with Gasteiger partial charge < -0.3 is 16.0 Å². The highest BCUT2D eigenvalue weighted by Crippen LogP contribution is 2.32. The number of fused-ring (bicyclic) bond motifs is 1. The highest BCUT2D eigenvalue weighted by Gasteiger charge is 2.16. The molecule has 5 nitrogen and oxygen atoms in total. The molecule has 1 saturated heterocycles. The van der Waals surface area contributed by atoms with Gasteiger partial charge in [0.15, 0.2) is 5.13 Å². The van der Waals surface area contributed by atoms with Crippen molar-refractivity contribution in [3.63, 3.8) is 0 Å². The van der Waals surface area contributed by atoms with Gasteiger partial charge in [-0.15, -0.1) is 24.8 Å². The van der Waals surface area contributed by atoms with Crippen LogP contribution < -0.4 is 16.0 Å². The van der Waals surface area contributed by atoms with Gasteiger partial charge in [0.1, 0.15) is 0 Å². The molecule has 8 heteroatoms. The fraction of sp³-hybridized carbons (Fsp3) is 0.263. The minimum atomic E-state index is -0.0339. The molecule has 2 heterocycles. The summed E-state index contributed by atoms with van der Waals surface area (Å²) in [6, 6.07) is 13.3. The number of aromatic nitrogens is 1. The molecule has 4 rings (SSSR count). The van der Waals surface area contributed by atoms with Crippen molar-refractivity contribution in [2.75, 3.05) is 29.0 Å². The van der Waals surface area contributed by atoms with Gasteiger partial charge in [-0.25, -0.2) is 4.98 Å². The van der Waals surface area contributed by atoms with E-state index in [2.05, 4.69) is 10.2 Å². The molecule has 0 spiro atoms. The summed E-state index contributed by atoms with van der Waals surface area (Å²) in [7, 11) is 0. The highest BCUT2D eigenvalue weighted by atomic mass is 35.5. The molecule has 1 amide bonds. The molecule has 2 aromatic carbocycles. The second-order valence-electron chi connectivity index (χ2n) is 6.34. The van der Waals surface area contributed by atoms with Crippen LogP contribution in [0.4, 0.5) is 16.5 Å². The largest absolute Gasteiger partial charge is 0.399 e. The Hall–Kier alpha value is -2.02. The first-order valence-electron chi connectivity index (χ1n) is 8.47. The molecule has 1 aliphatic rings. The minimum absolute atomic E-state index is 0. The molecule has 144 valence electrons. The smallest absolute Gasteiger partial charge is 0.228 e. The Labute approximate surface area is 174 Å². The zero-order valence-corrected chi connectivity index (χ0v) is 17.1. The summed E-state index contributed by atoms with van der Waals surface area (Å²) >= 11 is 1.69. The highest BCUT2D eigenvalue weighted by molar-refractivity contribution is 7.22. The average molecular weight is 425 g/mol. The van der Waals surface area contributed by atoms with E-state index in [9.17, 15) is 4.79 Å². The van der Waals surface area contributed by atoms with E-state index in [4.69, 9.17) is 10.7 Å². The second kappa shape index (κ2) is 9.26. The fourth-order valence-electron chi connectivity index (χ4n) is 3.06. The van der Waals surface area contributed by atoms with E-state index in [0.717, 1.165) is 39.7 Å². The fourth-order valence-corrected chi connectivity index (χ4v) is 4.12. The van der Waals surface area contributed by atoms with Crippen LogP contribution >= 0.6 is 36.2 Å². The van der Waals surface area contributed by atoms with E-state index in [1.54, 1.807) is 11.3 Å². The van der Waals surface area contributed by atoms with Gasteiger partial charge in [-0.1, -0.05) is 23.5 Å². The summed E-state index contributed by atoms with van der Waals surface area (Å²) in [4.78, 5) is 19.3. The van der Waals surface area contributed by atoms with Crippen LogP contribution in [0.5, 0.6) is 0 Å². The van der Waals surface area contributed by atoms with E-state index < -0.39 is 0 Å². The molecule has 0 radical (unpaired) electrons. The van der Waals surface area contributed by atoms with Gasteiger partial charge in [-0.05, 0) is 48.7 Å². The summed E-state index contributed by atoms with van der Waals surface area (Å²) < 4.78 is 1.10. The Morgan fingerprint density at radius 1 is 1.11 bits per heavy atom. The van der Waals surface area contributed by atoms with Gasteiger partial charge in [-0.2, -0.15) is 0 Å². The van der Waals surface area contributed by atoms with Crippen LogP contribution in [0.3, 0.4) is 0 Å². The molecule has 0 unspecified atom stereocenters. The van der Waals surface area contributed by atoms with Crippen molar-refractivity contribution in [2.24, 2.45) is 0 Å². The molecule has 0 atom stereocenters. The van der Waals surface area contributed by atoms with E-state index in [-0.39, 0.29) is 30.7 Å². The van der Waals surface area contributed by atoms with E-state index >= 15 is 0 Å². The van der Waals surface area contributed by atoms with Gasteiger partial charge in [0, 0.05) is 24.5 Å². The lowest BCUT2D eigenvalue weighted by atomic mass is 10.1. The van der Waals surface area contributed by atoms with Gasteiger partial charge in [-0.3, -0.25) is 4.79 Å². The van der Waals surface area contributed by atoms with E-state index in [1.807, 2.05) is 42.5 Å². The Morgan fingerprint density at radius 2 is 1.81 bits per heavy atom. The van der Waals surface area contributed by atoms with Crippen molar-refractivity contribution < 1.29 is 4.79 Å². The zero-order chi connectivity index (χ0) is 17.2. The Kier molecular flexibility index (Phi) is 7.30. The predicted molar refractivity (Wildman–Crippen MR) is 119 cm³/mol. The maximum absolute atomic E-state index is 12.3. The Balaban J connectivity index is 0.00000131. The molecular formula is C19H22Cl2N4OS. The summed E-state index contributed by atoms with van der Waals surface area (Å²) in [6.45, 7) is 2.18. The Bertz CT molecular complexity index is 908. The van der Waals surface area contributed by atoms with Crippen molar-refractivity contribution in [1.82, 2.24) is 4.98 Å². The quantitative estimate of drug-likeness (QED) is 0.604. The lowest BCUT2D eigenvalue weighted by molar-refractivity contribution is -0.115. The number of rotatable bonds is 4. The van der Waals surface area contributed by atoms with Crippen LogP contribution in [0.1, 0.15) is 18.4 Å². The molecule has 0 bridgehead atoms. The van der Waals surface area contributed by atoms with Crippen LogP contribution in [0.2, 0.25) is 0 Å². The number of carbonyl (C=O) groups excluding carboxylic acids is 1. The van der Waals surface area contributed by atoms with Crippen LogP contribution in [0.15, 0.2) is 42.5 Å². The lowest BCUT2D eigenvalue weighted by Gasteiger charge is -2.11. The third-order valence-electron chi connectivity index (χ3n) is 4.38. The number of nitrogens with two attached hydrogens (primary N) is 1. The number of amides is 1. The minimum Gasteiger partial charge on any atom is -0.399 e. The number of anilines is 3. The van der Waals surface area contributed by atoms with Gasteiger partial charge in [0.2, 0.25) is 5.91 Å². The standard InChI is InChI=1S/C19H20N4OS.2ClH/c20-14-5-3-13(4-6-14)11-18(24)21-15-7-8-16-17(12-15)25-19(22-16)23-9-1-2-10-23;;/h3-8,12H,1-2,9-11,20H2,(H,21,24);2*1H. The molecule has 3 aromatic rings. The number of carbonyl (C=O) groups is 1. The predicted octanol–water partition coefficient (Wildman–Crippen LogP) is 4.50. The van der Waals surface area contributed by atoms with Crippen LogP contribution in [0, 0.1) is 0 Å². The number of hydrogen-bond acceptors (Lipinski definition) is 5. The first-order valence-corrected chi connectivity index (χ1v) is 9.29. The summed E-state index contributed by atoms with van der Waals surface area (Å²) in [5.41, 5.74) is 9.12. The van der Waals surface area contributed by atoms with Gasteiger partial charge in [0.05, 0.1) is 16.6 Å². The molecule has 1 aliphatic heterocycles. The second-order valence-corrected chi connectivity index (χ2v) is 7.35. The normalized spacial score (nSPS) is 13.1. The molecule has 3 N–H and O–H groups in total. The molecule has 0 aliphatic carbocycles. The lowest BCUT2D eigenvalue weighted by Crippen LogP contribution is -2.16. The third kappa shape index (κ3) is 5.03. The number of thiazole rings is 1. The molecule has 27 heavy (non-hydrogen) atoms. The van der Waals surface area contributed by atoms with Crippen LogP contribution in [-0.4, -0.2) is 24.0 Å². The first-order chi connectivity index (χ1) is 12.2. The van der Waals surface area contributed by atoms with Crippen molar-refractivity contribution in [3.8, 4) is 0 Å². The van der Waals surface area contributed by atoms with Crippen molar-refractivity contribution in [2.45, 2.75) is 19.3 Å². The van der Waals surface area contributed by atoms with Gasteiger partial charge in [0.25, 0.3) is 0 Å². The number of benzene rings is 2. The summed E-state index contributed by atoms with van der Waals surface area (Å²) in [5, 5.41) is 4.05. The monoisotopic (exact) mass is 424 g/mol. The SMILES string of the molecule is Cl.Cl.Nc1ccc(CC(=O)Nc2ccc3nc(N4CCCC4)sc3c2)cc1. The zero-order valence-electron chi connectivity index (χ0n) is 14.7. The number of nitrogen functional groups attached to an aromatic ring is 1. The van der Waals surface area contributed by atoms with Crippen LogP contribution in [0.25, 0.3) is 10.2 Å². The first kappa shape index (κ1) is 21.3. The van der Waals surface area contributed by atoms with E-state index in [0.29, 0.717) is 12.1 Å². The molecular weight excluding hydrogens is 403 g/mol. The van der Waals surface area contributed by atoms with Crippen molar-refractivity contribution in [1.29, 1.82) is 0 Å². The van der Waals surface area contributed by atoms with Crippen molar-refractivity contribution in [3.05, 3.63) is 48.0 Å². The van der Waals surface area contributed by atoms with Crippen molar-refractivity contribution >= 4 is 68.8 Å². The number of hydrogen-bond donors (Lipinski definition) is 2. The summed E-state index contributed by atoms with van der Waals surface area (Å²) in [5.74, 6) is -0.0339. The molecule has 1 fully saturated rings. The Morgan fingerprint density at radius 3 is 2.52 bits per heavy atom. The maximum atomic E-state index is 12.3. The number of nitrogens with one attached hydrogen (secondary N) is 1. The molecule has 0 saturated carbocycles. The molecule has 1 aromatic heterocycles. The number of halogens is 2. The maximum Gasteiger partial charge on any atom is 0.228 e. The third-order valence-corrected chi connectivity index (χ3v) is 5.46.